The van der Waals surface area contributed by atoms with Gasteiger partial charge in [0.05, 0.1) is 17.9 Å². The lowest BCUT2D eigenvalue weighted by atomic mass is 10.1. The van der Waals surface area contributed by atoms with Crippen molar-refractivity contribution in [3.8, 4) is 12.3 Å². The minimum absolute atomic E-state index is 0.0114. The summed E-state index contributed by atoms with van der Waals surface area (Å²) in [6, 6.07) is 5.86. The average Bonchev–Trinajstić information content (AvgIpc) is 2.35. The Kier molecular flexibility index (Phi) is 5.10. The number of hydrogen-bond donors (Lipinski definition) is 1. The molecule has 6 heteroatoms. The van der Waals surface area contributed by atoms with Crippen LogP contribution in [0.4, 0.5) is 0 Å². The lowest BCUT2D eigenvalue weighted by Crippen LogP contribution is -2.32. The summed E-state index contributed by atoms with van der Waals surface area (Å²) < 4.78 is 25.4. The number of terminal acetylenes is 1. The van der Waals surface area contributed by atoms with Gasteiger partial charge in [-0.3, -0.25) is 0 Å². The van der Waals surface area contributed by atoms with Gasteiger partial charge in [-0.15, -0.1) is 6.42 Å². The van der Waals surface area contributed by atoms with Crippen molar-refractivity contribution >= 4 is 16.0 Å². The van der Waals surface area contributed by atoms with E-state index in [-0.39, 0.29) is 24.4 Å². The molecular weight excluding hydrogens is 266 g/mol. The summed E-state index contributed by atoms with van der Waals surface area (Å²) in [6.45, 7) is 1.99. The number of nitrogens with zero attached hydrogens (tertiary/aromatic N) is 1. The molecule has 5 nitrogen and oxygen atoms in total. The number of rotatable bonds is 6. The van der Waals surface area contributed by atoms with Crippen LogP contribution in [0.5, 0.6) is 0 Å². The van der Waals surface area contributed by atoms with E-state index in [0.717, 1.165) is 0 Å². The molecule has 1 aromatic rings. The molecule has 1 aromatic carbocycles. The lowest BCUT2D eigenvalue weighted by molar-refractivity contribution is 0.0696. The Hall–Kier alpha value is -1.84. The average molecular weight is 281 g/mol. The van der Waals surface area contributed by atoms with Crippen LogP contribution in [0, 0.1) is 12.3 Å². The maximum atomic E-state index is 12.1. The smallest absolute Gasteiger partial charge is 0.335 e. The van der Waals surface area contributed by atoms with Gasteiger partial charge in [0.25, 0.3) is 0 Å². The molecule has 0 fully saturated rings. The molecule has 1 N–H and O–H groups in total. The summed E-state index contributed by atoms with van der Waals surface area (Å²) in [7, 11) is -3.53. The van der Waals surface area contributed by atoms with E-state index in [0.29, 0.717) is 5.56 Å². The number of sulfonamides is 1. The number of carboxylic acid groups (broad SMARTS) is 1. The molecule has 1 rings (SSSR count). The van der Waals surface area contributed by atoms with Crippen molar-refractivity contribution in [2.24, 2.45) is 0 Å². The monoisotopic (exact) mass is 281 g/mol. The van der Waals surface area contributed by atoms with Crippen LogP contribution < -0.4 is 0 Å². The van der Waals surface area contributed by atoms with Crippen molar-refractivity contribution < 1.29 is 18.3 Å². The van der Waals surface area contributed by atoms with Crippen molar-refractivity contribution in [3.63, 3.8) is 0 Å². The Morgan fingerprint density at radius 1 is 1.47 bits per heavy atom. The van der Waals surface area contributed by atoms with Crippen molar-refractivity contribution in [1.82, 2.24) is 4.31 Å². The minimum atomic E-state index is -3.53. The van der Waals surface area contributed by atoms with E-state index in [9.17, 15) is 13.2 Å². The van der Waals surface area contributed by atoms with E-state index in [1.165, 1.54) is 22.5 Å². The number of carboxylic acids is 1. The molecule has 0 aromatic heterocycles. The fourth-order valence-electron chi connectivity index (χ4n) is 1.60. The summed E-state index contributed by atoms with van der Waals surface area (Å²) in [5.74, 6) is 0.945. The highest BCUT2D eigenvalue weighted by Crippen LogP contribution is 2.12. The second-order valence-corrected chi connectivity index (χ2v) is 5.86. The number of carbonyl (C=O) groups is 1. The Balaban J connectivity index is 2.98. The first-order chi connectivity index (χ1) is 8.90. The van der Waals surface area contributed by atoms with Gasteiger partial charge >= 0.3 is 5.97 Å². The van der Waals surface area contributed by atoms with E-state index in [1.807, 2.05) is 0 Å². The summed E-state index contributed by atoms with van der Waals surface area (Å²) in [4.78, 5) is 10.8. The highest BCUT2D eigenvalue weighted by atomic mass is 32.2. The number of hydrogen-bond acceptors (Lipinski definition) is 3. The third-order valence-corrected chi connectivity index (χ3v) is 4.41. The summed E-state index contributed by atoms with van der Waals surface area (Å²) in [5.41, 5.74) is 0.489. The second-order valence-electron chi connectivity index (χ2n) is 3.89. The molecule has 19 heavy (non-hydrogen) atoms. The third-order valence-electron chi connectivity index (χ3n) is 2.54. The Bertz CT molecular complexity index is 601. The van der Waals surface area contributed by atoms with Crippen LogP contribution in [0.2, 0.25) is 0 Å². The molecule has 0 bridgehead atoms. The number of benzene rings is 1. The standard InChI is InChI=1S/C13H15NO4S/c1-3-8-14(4-2)19(17,18)10-11-6-5-7-12(9-11)13(15)16/h1,5-7,9H,4,8,10H2,2H3,(H,15,16). The SMILES string of the molecule is C#CCN(CC)S(=O)(=O)Cc1cccc(C(=O)O)c1. The highest BCUT2D eigenvalue weighted by Gasteiger charge is 2.20. The first-order valence-corrected chi connectivity index (χ1v) is 7.25. The fourth-order valence-corrected chi connectivity index (χ4v) is 3.05. The molecule has 0 atom stereocenters. The van der Waals surface area contributed by atoms with Gasteiger partial charge in [0.2, 0.25) is 10.0 Å². The zero-order chi connectivity index (χ0) is 14.5. The van der Waals surface area contributed by atoms with Gasteiger partial charge < -0.3 is 5.11 Å². The van der Waals surface area contributed by atoms with Crippen molar-refractivity contribution in [3.05, 3.63) is 35.4 Å². The molecule has 0 amide bonds. The molecule has 0 aliphatic rings. The lowest BCUT2D eigenvalue weighted by Gasteiger charge is -2.17. The molecular formula is C13H15NO4S. The molecule has 0 aliphatic carbocycles. The minimum Gasteiger partial charge on any atom is -0.478 e. The maximum Gasteiger partial charge on any atom is 0.335 e. The first kappa shape index (κ1) is 15.2. The van der Waals surface area contributed by atoms with E-state index in [1.54, 1.807) is 13.0 Å². The van der Waals surface area contributed by atoms with Crippen LogP contribution >= 0.6 is 0 Å². The predicted octanol–water partition coefficient (Wildman–Crippen LogP) is 1.17. The van der Waals surface area contributed by atoms with Gasteiger partial charge in [-0.2, -0.15) is 4.31 Å². The Morgan fingerprint density at radius 2 is 2.16 bits per heavy atom. The van der Waals surface area contributed by atoms with Crippen LogP contribution in [0.3, 0.4) is 0 Å². The third kappa shape index (κ3) is 4.09. The van der Waals surface area contributed by atoms with Gasteiger partial charge in [0, 0.05) is 6.54 Å². The molecule has 0 heterocycles. The van der Waals surface area contributed by atoms with Gasteiger partial charge in [-0.05, 0) is 17.7 Å². The normalized spacial score (nSPS) is 11.2. The Labute approximate surface area is 112 Å². The van der Waals surface area contributed by atoms with Crippen LogP contribution in [0.15, 0.2) is 24.3 Å². The predicted molar refractivity (Wildman–Crippen MR) is 72.1 cm³/mol. The molecule has 0 radical (unpaired) electrons. The van der Waals surface area contributed by atoms with E-state index in [2.05, 4.69) is 5.92 Å². The van der Waals surface area contributed by atoms with E-state index < -0.39 is 16.0 Å². The quantitative estimate of drug-likeness (QED) is 0.794. The zero-order valence-corrected chi connectivity index (χ0v) is 11.4. The highest BCUT2D eigenvalue weighted by molar-refractivity contribution is 7.88. The van der Waals surface area contributed by atoms with Crippen molar-refractivity contribution in [1.29, 1.82) is 0 Å². The molecule has 0 unspecified atom stereocenters. The fraction of sp³-hybridized carbons (Fsp3) is 0.308. The van der Waals surface area contributed by atoms with Crippen molar-refractivity contribution in [2.75, 3.05) is 13.1 Å². The van der Waals surface area contributed by atoms with Crippen LogP contribution in [-0.2, 0) is 15.8 Å². The van der Waals surface area contributed by atoms with Crippen molar-refractivity contribution in [2.45, 2.75) is 12.7 Å². The summed E-state index contributed by atoms with van der Waals surface area (Å²) in [6.07, 6.45) is 5.13. The zero-order valence-electron chi connectivity index (χ0n) is 10.5. The van der Waals surface area contributed by atoms with Crippen LogP contribution in [-0.4, -0.2) is 36.9 Å². The van der Waals surface area contributed by atoms with Gasteiger partial charge in [0.1, 0.15) is 0 Å². The first-order valence-electron chi connectivity index (χ1n) is 5.64. The summed E-state index contributed by atoms with van der Waals surface area (Å²) >= 11 is 0. The van der Waals surface area contributed by atoms with Gasteiger partial charge in [-0.25, -0.2) is 13.2 Å². The molecule has 0 saturated heterocycles. The van der Waals surface area contributed by atoms with E-state index in [4.69, 9.17) is 11.5 Å². The van der Waals surface area contributed by atoms with Crippen LogP contribution in [0.1, 0.15) is 22.8 Å². The number of aromatic carboxylic acids is 1. The van der Waals surface area contributed by atoms with Gasteiger partial charge in [0.15, 0.2) is 0 Å². The van der Waals surface area contributed by atoms with Gasteiger partial charge in [-0.1, -0.05) is 25.0 Å². The Morgan fingerprint density at radius 3 is 2.68 bits per heavy atom. The summed E-state index contributed by atoms with van der Waals surface area (Å²) in [5, 5.41) is 8.86. The van der Waals surface area contributed by atoms with Crippen LogP contribution in [0.25, 0.3) is 0 Å². The molecule has 0 saturated carbocycles. The van der Waals surface area contributed by atoms with E-state index >= 15 is 0 Å². The molecule has 0 aliphatic heterocycles. The topological polar surface area (TPSA) is 74.7 Å². The molecule has 102 valence electrons. The maximum absolute atomic E-state index is 12.1. The largest absolute Gasteiger partial charge is 0.478 e. The molecule has 0 spiro atoms. The second kappa shape index (κ2) is 6.36.